The van der Waals surface area contributed by atoms with Crippen LogP contribution in [0.3, 0.4) is 0 Å². The standard InChI is InChI=1S/C10H15NS/c1-9-3-2-4-10(7-9)5-6-11-8-12/h2-4,7,11-12H,5-6,8H2,1H3. The molecule has 1 rings (SSSR count). The van der Waals surface area contributed by atoms with Gasteiger partial charge in [0.1, 0.15) is 0 Å². The number of hydrogen-bond acceptors (Lipinski definition) is 2. The maximum Gasteiger partial charge on any atom is 0.0387 e. The van der Waals surface area contributed by atoms with Crippen LogP contribution < -0.4 is 5.32 Å². The van der Waals surface area contributed by atoms with Crippen LogP contribution >= 0.6 is 12.6 Å². The van der Waals surface area contributed by atoms with E-state index < -0.39 is 0 Å². The molecule has 0 atom stereocenters. The van der Waals surface area contributed by atoms with Crippen LogP contribution in [0.5, 0.6) is 0 Å². The normalized spacial score (nSPS) is 10.2. The molecule has 0 aliphatic heterocycles. The summed E-state index contributed by atoms with van der Waals surface area (Å²) in [7, 11) is 0. The molecular weight excluding hydrogens is 166 g/mol. The predicted molar refractivity (Wildman–Crippen MR) is 56.7 cm³/mol. The number of hydrogen-bond donors (Lipinski definition) is 2. The third-order valence-electron chi connectivity index (χ3n) is 1.78. The van der Waals surface area contributed by atoms with Crippen molar-refractivity contribution in [1.82, 2.24) is 5.32 Å². The second kappa shape index (κ2) is 5.22. The van der Waals surface area contributed by atoms with Crippen LogP contribution in [0.25, 0.3) is 0 Å². The Kier molecular flexibility index (Phi) is 4.19. The fraction of sp³-hybridized carbons (Fsp3) is 0.400. The summed E-state index contributed by atoms with van der Waals surface area (Å²) in [6.07, 6.45) is 1.09. The summed E-state index contributed by atoms with van der Waals surface area (Å²) in [5, 5.41) is 3.18. The number of thiol groups is 1. The SMILES string of the molecule is Cc1cccc(CCNCS)c1. The van der Waals surface area contributed by atoms with Crippen molar-refractivity contribution >= 4 is 12.6 Å². The molecule has 12 heavy (non-hydrogen) atoms. The maximum atomic E-state index is 4.08. The van der Waals surface area contributed by atoms with Gasteiger partial charge < -0.3 is 5.32 Å². The molecule has 0 unspecified atom stereocenters. The van der Waals surface area contributed by atoms with Gasteiger partial charge in [-0.05, 0) is 25.5 Å². The molecule has 0 heterocycles. The van der Waals surface area contributed by atoms with Gasteiger partial charge in [-0.15, -0.1) is 0 Å². The van der Waals surface area contributed by atoms with E-state index in [1.807, 2.05) is 0 Å². The van der Waals surface area contributed by atoms with Crippen molar-refractivity contribution < 1.29 is 0 Å². The second-order valence-electron chi connectivity index (χ2n) is 2.90. The molecule has 0 saturated carbocycles. The van der Waals surface area contributed by atoms with Gasteiger partial charge in [-0.3, -0.25) is 0 Å². The van der Waals surface area contributed by atoms with Crippen molar-refractivity contribution in [2.24, 2.45) is 0 Å². The quantitative estimate of drug-likeness (QED) is 0.411. The monoisotopic (exact) mass is 181 g/mol. The van der Waals surface area contributed by atoms with Gasteiger partial charge in [0.05, 0.1) is 0 Å². The molecule has 1 N–H and O–H groups in total. The number of nitrogens with one attached hydrogen (secondary N) is 1. The Labute approximate surface area is 79.6 Å². The summed E-state index contributed by atoms with van der Waals surface area (Å²) < 4.78 is 0. The van der Waals surface area contributed by atoms with Crippen molar-refractivity contribution in [3.05, 3.63) is 35.4 Å². The number of rotatable bonds is 4. The number of benzene rings is 1. The fourth-order valence-corrected chi connectivity index (χ4v) is 1.34. The first-order valence-corrected chi connectivity index (χ1v) is 4.83. The Morgan fingerprint density at radius 1 is 1.42 bits per heavy atom. The zero-order chi connectivity index (χ0) is 8.81. The van der Waals surface area contributed by atoms with Gasteiger partial charge in [-0.25, -0.2) is 0 Å². The predicted octanol–water partition coefficient (Wildman–Crippen LogP) is 2.01. The van der Waals surface area contributed by atoms with Crippen LogP contribution in [0, 0.1) is 6.92 Å². The fourth-order valence-electron chi connectivity index (χ4n) is 1.18. The first kappa shape index (κ1) is 9.62. The molecule has 2 heteroatoms. The van der Waals surface area contributed by atoms with Crippen LogP contribution in [-0.2, 0) is 6.42 Å². The van der Waals surface area contributed by atoms with Gasteiger partial charge in [-0.2, -0.15) is 12.6 Å². The van der Waals surface area contributed by atoms with Gasteiger partial charge in [0, 0.05) is 5.88 Å². The highest BCUT2D eigenvalue weighted by atomic mass is 32.1. The largest absolute Gasteiger partial charge is 0.308 e. The lowest BCUT2D eigenvalue weighted by molar-refractivity contribution is 0.776. The van der Waals surface area contributed by atoms with E-state index >= 15 is 0 Å². The molecule has 66 valence electrons. The highest BCUT2D eigenvalue weighted by Crippen LogP contribution is 2.03. The van der Waals surface area contributed by atoms with E-state index in [-0.39, 0.29) is 0 Å². The van der Waals surface area contributed by atoms with Crippen LogP contribution in [0.4, 0.5) is 0 Å². The van der Waals surface area contributed by atoms with Crippen molar-refractivity contribution in [3.63, 3.8) is 0 Å². The van der Waals surface area contributed by atoms with E-state index in [9.17, 15) is 0 Å². The Morgan fingerprint density at radius 3 is 2.92 bits per heavy atom. The lowest BCUT2D eigenvalue weighted by Gasteiger charge is -2.02. The Bertz CT molecular complexity index is 235. The van der Waals surface area contributed by atoms with Crippen molar-refractivity contribution in [3.8, 4) is 0 Å². The zero-order valence-corrected chi connectivity index (χ0v) is 8.27. The molecule has 1 aromatic rings. The smallest absolute Gasteiger partial charge is 0.0387 e. The summed E-state index contributed by atoms with van der Waals surface area (Å²) in [6, 6.07) is 8.61. The topological polar surface area (TPSA) is 12.0 Å². The lowest BCUT2D eigenvalue weighted by Crippen LogP contribution is -2.14. The van der Waals surface area contributed by atoms with E-state index in [4.69, 9.17) is 0 Å². The minimum absolute atomic E-state index is 0.756. The van der Waals surface area contributed by atoms with Crippen molar-refractivity contribution in [1.29, 1.82) is 0 Å². The van der Waals surface area contributed by atoms with E-state index in [1.165, 1.54) is 11.1 Å². The highest BCUT2D eigenvalue weighted by molar-refractivity contribution is 7.80. The minimum atomic E-state index is 0.756. The van der Waals surface area contributed by atoms with Gasteiger partial charge >= 0.3 is 0 Å². The third kappa shape index (κ3) is 3.28. The van der Waals surface area contributed by atoms with Gasteiger partial charge in [0.2, 0.25) is 0 Å². The molecule has 0 fully saturated rings. The molecule has 1 aromatic carbocycles. The van der Waals surface area contributed by atoms with Crippen molar-refractivity contribution in [2.45, 2.75) is 13.3 Å². The average molecular weight is 181 g/mol. The van der Waals surface area contributed by atoms with Crippen LogP contribution in [0.15, 0.2) is 24.3 Å². The zero-order valence-electron chi connectivity index (χ0n) is 7.38. The van der Waals surface area contributed by atoms with E-state index in [0.29, 0.717) is 0 Å². The Morgan fingerprint density at radius 2 is 2.25 bits per heavy atom. The summed E-state index contributed by atoms with van der Waals surface area (Å²) >= 11 is 4.08. The molecule has 1 nitrogen and oxygen atoms in total. The van der Waals surface area contributed by atoms with E-state index in [2.05, 4.69) is 49.1 Å². The van der Waals surface area contributed by atoms with Crippen LogP contribution in [0.2, 0.25) is 0 Å². The first-order valence-electron chi connectivity index (χ1n) is 4.20. The molecule has 0 radical (unpaired) electrons. The Balaban J connectivity index is 2.41. The summed E-state index contributed by atoms with van der Waals surface area (Å²) in [6.45, 7) is 3.13. The van der Waals surface area contributed by atoms with E-state index in [1.54, 1.807) is 0 Å². The number of aryl methyl sites for hydroxylation is 1. The molecule has 0 aromatic heterocycles. The minimum Gasteiger partial charge on any atom is -0.308 e. The molecular formula is C10H15NS. The lowest BCUT2D eigenvalue weighted by atomic mass is 10.1. The summed E-state index contributed by atoms with van der Waals surface area (Å²) in [4.78, 5) is 0. The first-order chi connectivity index (χ1) is 5.83. The second-order valence-corrected chi connectivity index (χ2v) is 3.21. The molecule has 0 spiro atoms. The van der Waals surface area contributed by atoms with Gasteiger partial charge in [0.15, 0.2) is 0 Å². The van der Waals surface area contributed by atoms with Crippen LogP contribution in [0.1, 0.15) is 11.1 Å². The molecule has 0 aliphatic carbocycles. The average Bonchev–Trinajstić information content (AvgIpc) is 2.05. The molecule has 0 saturated heterocycles. The third-order valence-corrected chi connectivity index (χ3v) is 2.01. The summed E-state index contributed by atoms with van der Waals surface area (Å²) in [5.74, 6) is 0.756. The maximum absolute atomic E-state index is 4.08. The highest BCUT2D eigenvalue weighted by Gasteiger charge is 1.91. The van der Waals surface area contributed by atoms with E-state index in [0.717, 1.165) is 18.8 Å². The molecule has 0 aliphatic rings. The van der Waals surface area contributed by atoms with Crippen molar-refractivity contribution in [2.75, 3.05) is 12.4 Å². The van der Waals surface area contributed by atoms with Crippen LogP contribution in [-0.4, -0.2) is 12.4 Å². The van der Waals surface area contributed by atoms with Gasteiger partial charge in [0.25, 0.3) is 0 Å². The molecule has 0 amide bonds. The Hall–Kier alpha value is -0.470. The summed E-state index contributed by atoms with van der Waals surface area (Å²) in [5.41, 5.74) is 2.72. The molecule has 0 bridgehead atoms. The van der Waals surface area contributed by atoms with Gasteiger partial charge in [-0.1, -0.05) is 29.8 Å².